The van der Waals surface area contributed by atoms with Crippen molar-refractivity contribution in [3.8, 4) is 0 Å². The van der Waals surface area contributed by atoms with Gasteiger partial charge in [-0.15, -0.1) is 0 Å². The molecule has 0 bridgehead atoms. The van der Waals surface area contributed by atoms with Crippen LogP contribution in [0.2, 0.25) is 0 Å². The fourth-order valence-electron chi connectivity index (χ4n) is 2.61. The molecule has 0 unspecified atom stereocenters. The molecule has 1 amide bonds. The average molecular weight is 321 g/mol. The lowest BCUT2D eigenvalue weighted by molar-refractivity contribution is -0.385. The monoisotopic (exact) mass is 321 g/mol. The van der Waals surface area contributed by atoms with Crippen molar-refractivity contribution >= 4 is 28.2 Å². The summed E-state index contributed by atoms with van der Waals surface area (Å²) in [7, 11) is 0. The van der Waals surface area contributed by atoms with E-state index in [0.717, 1.165) is 10.9 Å². The van der Waals surface area contributed by atoms with Crippen molar-refractivity contribution in [1.82, 2.24) is 4.98 Å². The summed E-state index contributed by atoms with van der Waals surface area (Å²) in [5.74, 6) is -0.327. The minimum atomic E-state index is -0.434. The summed E-state index contributed by atoms with van der Waals surface area (Å²) in [5.41, 5.74) is 2.23. The maximum absolute atomic E-state index is 12.6. The summed E-state index contributed by atoms with van der Waals surface area (Å²) in [5, 5.41) is 14.6. The number of carbonyl (C=O) groups excluding carboxylic acids is 1. The van der Waals surface area contributed by atoms with Crippen molar-refractivity contribution in [2.45, 2.75) is 13.3 Å². The number of carbonyl (C=O) groups is 1. The molecule has 6 heteroatoms. The Bertz CT molecular complexity index is 932. The molecule has 120 valence electrons. The van der Waals surface area contributed by atoms with Crippen molar-refractivity contribution in [2.75, 3.05) is 5.32 Å². The second-order valence-electron chi connectivity index (χ2n) is 5.28. The number of hydrogen-bond acceptors (Lipinski definition) is 4. The van der Waals surface area contributed by atoms with E-state index in [1.54, 1.807) is 36.5 Å². The molecule has 3 aromatic rings. The van der Waals surface area contributed by atoms with Gasteiger partial charge in [-0.05, 0) is 30.7 Å². The zero-order chi connectivity index (χ0) is 17.1. The molecule has 0 saturated heterocycles. The minimum Gasteiger partial charge on any atom is -0.322 e. The number of aryl methyl sites for hydroxylation is 1. The number of benzene rings is 2. The number of pyridine rings is 1. The molecular weight excluding hydrogens is 306 g/mol. The van der Waals surface area contributed by atoms with Gasteiger partial charge < -0.3 is 5.32 Å². The van der Waals surface area contributed by atoms with Crippen molar-refractivity contribution in [3.05, 3.63) is 76.0 Å². The first-order valence-corrected chi connectivity index (χ1v) is 7.52. The topological polar surface area (TPSA) is 85.1 Å². The Morgan fingerprint density at radius 2 is 2.04 bits per heavy atom. The normalized spacial score (nSPS) is 10.5. The van der Waals surface area contributed by atoms with Gasteiger partial charge in [-0.2, -0.15) is 0 Å². The van der Waals surface area contributed by atoms with Gasteiger partial charge in [0.15, 0.2) is 0 Å². The van der Waals surface area contributed by atoms with Crippen LogP contribution in [0.5, 0.6) is 0 Å². The molecule has 3 rings (SSSR count). The van der Waals surface area contributed by atoms with E-state index in [4.69, 9.17) is 0 Å². The molecule has 1 N–H and O–H groups in total. The molecule has 0 spiro atoms. The van der Waals surface area contributed by atoms with E-state index in [9.17, 15) is 14.9 Å². The largest absolute Gasteiger partial charge is 0.322 e. The summed E-state index contributed by atoms with van der Waals surface area (Å²) >= 11 is 0. The minimum absolute atomic E-state index is 0.00915. The fourth-order valence-corrected chi connectivity index (χ4v) is 2.61. The Morgan fingerprint density at radius 1 is 1.21 bits per heavy atom. The van der Waals surface area contributed by atoms with E-state index in [1.165, 1.54) is 6.07 Å². The number of fused-ring (bicyclic) bond motifs is 1. The Balaban J connectivity index is 1.95. The molecule has 0 aliphatic carbocycles. The van der Waals surface area contributed by atoms with Crippen LogP contribution in [0.3, 0.4) is 0 Å². The molecule has 2 aromatic carbocycles. The molecule has 0 radical (unpaired) electrons. The third-order valence-corrected chi connectivity index (χ3v) is 3.81. The zero-order valence-electron chi connectivity index (χ0n) is 13.0. The third kappa shape index (κ3) is 2.94. The molecule has 1 heterocycles. The van der Waals surface area contributed by atoms with Crippen molar-refractivity contribution in [2.24, 2.45) is 0 Å². The van der Waals surface area contributed by atoms with Crippen molar-refractivity contribution in [3.63, 3.8) is 0 Å². The fraction of sp³-hybridized carbons (Fsp3) is 0.111. The van der Waals surface area contributed by atoms with Gasteiger partial charge in [-0.25, -0.2) is 0 Å². The number of nitrogens with one attached hydrogen (secondary N) is 1. The van der Waals surface area contributed by atoms with Gasteiger partial charge in [-0.3, -0.25) is 19.9 Å². The van der Waals surface area contributed by atoms with E-state index < -0.39 is 4.92 Å². The summed E-state index contributed by atoms with van der Waals surface area (Å²) in [4.78, 5) is 27.5. The maximum Gasteiger partial charge on any atom is 0.274 e. The lowest BCUT2D eigenvalue weighted by Crippen LogP contribution is -2.12. The van der Waals surface area contributed by atoms with Crippen LogP contribution in [-0.2, 0) is 6.42 Å². The number of nitrogens with zero attached hydrogens (tertiary/aromatic N) is 2. The highest BCUT2D eigenvalue weighted by Crippen LogP contribution is 2.25. The predicted octanol–water partition coefficient (Wildman–Crippen LogP) is 3.96. The lowest BCUT2D eigenvalue weighted by atomic mass is 10.1. The summed E-state index contributed by atoms with van der Waals surface area (Å²) in [6.45, 7) is 1.85. The Kier molecular flexibility index (Phi) is 4.20. The van der Waals surface area contributed by atoms with Gasteiger partial charge in [-0.1, -0.05) is 25.1 Å². The molecule has 1 aromatic heterocycles. The number of amides is 1. The van der Waals surface area contributed by atoms with Crippen LogP contribution >= 0.6 is 0 Å². The number of aromatic nitrogens is 1. The molecule has 0 aliphatic heterocycles. The van der Waals surface area contributed by atoms with Gasteiger partial charge >= 0.3 is 0 Å². The van der Waals surface area contributed by atoms with Crippen LogP contribution in [0, 0.1) is 10.1 Å². The van der Waals surface area contributed by atoms with Gasteiger partial charge in [0.25, 0.3) is 11.6 Å². The number of rotatable bonds is 4. The van der Waals surface area contributed by atoms with Gasteiger partial charge in [0, 0.05) is 34.5 Å². The molecule has 0 saturated carbocycles. The SMILES string of the molecule is CCc1ccc(NC(=O)c2cccc3ncccc23)cc1[N+](=O)[O-]. The number of hydrogen-bond donors (Lipinski definition) is 1. The maximum atomic E-state index is 12.6. The molecule has 0 atom stereocenters. The molecule has 0 aliphatic rings. The van der Waals surface area contributed by atoms with Gasteiger partial charge in [0.05, 0.1) is 10.4 Å². The highest BCUT2D eigenvalue weighted by molar-refractivity contribution is 6.12. The van der Waals surface area contributed by atoms with Crippen LogP contribution in [0.25, 0.3) is 10.9 Å². The highest BCUT2D eigenvalue weighted by Gasteiger charge is 2.15. The zero-order valence-corrected chi connectivity index (χ0v) is 13.0. The molecule has 6 nitrogen and oxygen atoms in total. The Morgan fingerprint density at radius 3 is 2.79 bits per heavy atom. The first-order valence-electron chi connectivity index (χ1n) is 7.52. The van der Waals surface area contributed by atoms with E-state index in [1.807, 2.05) is 19.1 Å². The second kappa shape index (κ2) is 6.45. The lowest BCUT2D eigenvalue weighted by Gasteiger charge is -2.09. The summed E-state index contributed by atoms with van der Waals surface area (Å²) in [6.07, 6.45) is 2.22. The smallest absolute Gasteiger partial charge is 0.274 e. The van der Waals surface area contributed by atoms with Gasteiger partial charge in [0.2, 0.25) is 0 Å². The second-order valence-corrected chi connectivity index (χ2v) is 5.28. The van der Waals surface area contributed by atoms with Crippen molar-refractivity contribution in [1.29, 1.82) is 0 Å². The van der Waals surface area contributed by atoms with Crippen LogP contribution in [0.15, 0.2) is 54.7 Å². The molecule has 0 fully saturated rings. The number of nitro benzene ring substituents is 1. The van der Waals surface area contributed by atoms with Crippen LogP contribution in [0.4, 0.5) is 11.4 Å². The van der Waals surface area contributed by atoms with E-state index in [0.29, 0.717) is 23.2 Å². The predicted molar refractivity (Wildman–Crippen MR) is 92.2 cm³/mol. The summed E-state index contributed by atoms with van der Waals surface area (Å²) < 4.78 is 0. The Labute approximate surface area is 138 Å². The Hall–Kier alpha value is -3.28. The number of anilines is 1. The highest BCUT2D eigenvalue weighted by atomic mass is 16.6. The molecular formula is C18H15N3O3. The van der Waals surface area contributed by atoms with E-state index in [2.05, 4.69) is 10.3 Å². The first kappa shape index (κ1) is 15.6. The first-order chi connectivity index (χ1) is 11.6. The van der Waals surface area contributed by atoms with E-state index in [-0.39, 0.29) is 11.6 Å². The van der Waals surface area contributed by atoms with Crippen LogP contribution in [-0.4, -0.2) is 15.8 Å². The van der Waals surface area contributed by atoms with E-state index >= 15 is 0 Å². The number of nitro groups is 1. The van der Waals surface area contributed by atoms with Crippen molar-refractivity contribution < 1.29 is 9.72 Å². The van der Waals surface area contributed by atoms with Crippen LogP contribution in [0.1, 0.15) is 22.8 Å². The average Bonchev–Trinajstić information content (AvgIpc) is 2.61. The van der Waals surface area contributed by atoms with Gasteiger partial charge in [0.1, 0.15) is 0 Å². The van der Waals surface area contributed by atoms with Crippen LogP contribution < -0.4 is 5.32 Å². The summed E-state index contributed by atoms with van der Waals surface area (Å²) in [6, 6.07) is 13.6. The third-order valence-electron chi connectivity index (χ3n) is 3.81. The standard InChI is InChI=1S/C18H15N3O3/c1-2-12-8-9-13(11-17(12)21(23)24)20-18(22)15-5-3-7-16-14(15)6-4-10-19-16/h3-11H,2H2,1H3,(H,20,22). The quantitative estimate of drug-likeness (QED) is 0.582. The molecule has 24 heavy (non-hydrogen) atoms.